The van der Waals surface area contributed by atoms with Crippen molar-refractivity contribution in [2.24, 2.45) is 0 Å². The minimum Gasteiger partial charge on any atom is -0.352 e. The molecule has 0 spiro atoms. The average molecular weight is 504 g/mol. The van der Waals surface area contributed by atoms with E-state index in [-0.39, 0.29) is 45.6 Å². The average Bonchev–Trinajstić information content (AvgIpc) is 3.55. The summed E-state index contributed by atoms with van der Waals surface area (Å²) in [6, 6.07) is 2.97. The molecule has 0 fully saturated rings. The van der Waals surface area contributed by atoms with Crippen molar-refractivity contribution >= 4 is 5.91 Å². The fraction of sp³-hybridized carbons (Fsp3) is 0.100. The maximum Gasteiger partial charge on any atom is 0.325 e. The number of H-pyrrole nitrogens is 4. The molecule has 0 radical (unpaired) electrons. The minimum atomic E-state index is -0.682. The molecule has 5 rings (SSSR count). The van der Waals surface area contributed by atoms with E-state index in [0.29, 0.717) is 6.54 Å². The number of nitrogens with zero attached hydrogens (tertiary/aromatic N) is 7. The minimum absolute atomic E-state index is 0.00696. The number of hydrogen-bond donors (Lipinski definition) is 5. The molecule has 186 valence electrons. The molecule has 0 saturated heterocycles. The van der Waals surface area contributed by atoms with Gasteiger partial charge >= 0.3 is 11.4 Å². The Bertz CT molecular complexity index is 1750. The van der Waals surface area contributed by atoms with E-state index in [0.717, 1.165) is 9.36 Å². The van der Waals surface area contributed by atoms with Crippen molar-refractivity contribution in [1.82, 2.24) is 60.2 Å². The zero-order chi connectivity index (χ0) is 26.1. The molecule has 5 aromatic heterocycles. The van der Waals surface area contributed by atoms with Gasteiger partial charge in [-0.15, -0.1) is 10.2 Å². The summed E-state index contributed by atoms with van der Waals surface area (Å²) < 4.78 is 2.28. The van der Waals surface area contributed by atoms with Gasteiger partial charge in [-0.25, -0.2) is 23.9 Å². The molecular formula is C20H16N12O5. The van der Waals surface area contributed by atoms with Gasteiger partial charge in [0, 0.05) is 24.5 Å². The molecular weight excluding hydrogens is 488 g/mol. The van der Waals surface area contributed by atoms with Crippen molar-refractivity contribution in [2.75, 3.05) is 6.54 Å². The van der Waals surface area contributed by atoms with Crippen molar-refractivity contribution < 1.29 is 4.79 Å². The summed E-state index contributed by atoms with van der Waals surface area (Å²) in [5.74, 6) is -0.388. The van der Waals surface area contributed by atoms with Gasteiger partial charge in [-0.3, -0.25) is 24.4 Å². The van der Waals surface area contributed by atoms with E-state index >= 15 is 0 Å². The van der Waals surface area contributed by atoms with Crippen LogP contribution in [0, 0.1) is 0 Å². The molecule has 0 bridgehead atoms. The van der Waals surface area contributed by atoms with Crippen molar-refractivity contribution in [1.29, 1.82) is 0 Å². The first-order valence-corrected chi connectivity index (χ1v) is 10.6. The first-order valence-electron chi connectivity index (χ1n) is 10.6. The van der Waals surface area contributed by atoms with E-state index in [4.69, 9.17) is 0 Å². The lowest BCUT2D eigenvalue weighted by molar-refractivity contribution is 0.0956. The Morgan fingerprint density at radius 3 is 1.73 bits per heavy atom. The second kappa shape index (κ2) is 9.13. The molecule has 1 amide bonds. The van der Waals surface area contributed by atoms with Gasteiger partial charge in [-0.2, -0.15) is 0 Å². The molecule has 0 aliphatic rings. The summed E-state index contributed by atoms with van der Waals surface area (Å²) in [5.41, 5.74) is -1.60. The highest BCUT2D eigenvalue weighted by Gasteiger charge is 2.17. The van der Waals surface area contributed by atoms with E-state index in [1.165, 1.54) is 36.9 Å². The third-order valence-corrected chi connectivity index (χ3v) is 5.03. The first-order chi connectivity index (χ1) is 17.8. The molecule has 0 atom stereocenters. The van der Waals surface area contributed by atoms with Crippen LogP contribution in [0.3, 0.4) is 0 Å². The number of rotatable bonds is 6. The van der Waals surface area contributed by atoms with E-state index in [1.807, 2.05) is 0 Å². The SMILES string of the molecule is CCNC(=O)c1cc(-c2cn(-c3c[nH]c(=O)[nH]c3=O)nn2)nc(-c2cn(-c3c[nH]c(=O)[nH]c3=O)nn2)c1. The lowest BCUT2D eigenvalue weighted by Gasteiger charge is -2.06. The van der Waals surface area contributed by atoms with E-state index in [1.54, 1.807) is 6.92 Å². The Kier molecular flexibility index (Phi) is 5.68. The van der Waals surface area contributed by atoms with Crippen molar-refractivity contribution in [3.05, 3.63) is 84.2 Å². The van der Waals surface area contributed by atoms with Gasteiger partial charge < -0.3 is 15.3 Å². The molecule has 37 heavy (non-hydrogen) atoms. The predicted molar refractivity (Wildman–Crippen MR) is 125 cm³/mol. The highest BCUT2D eigenvalue weighted by Crippen LogP contribution is 2.23. The summed E-state index contributed by atoms with van der Waals surface area (Å²) in [6.45, 7) is 2.14. The number of carbonyl (C=O) groups is 1. The van der Waals surface area contributed by atoms with Crippen LogP contribution in [0.5, 0.6) is 0 Å². The Morgan fingerprint density at radius 2 is 1.30 bits per heavy atom. The zero-order valence-electron chi connectivity index (χ0n) is 18.8. The van der Waals surface area contributed by atoms with Crippen molar-refractivity contribution in [3.8, 4) is 34.2 Å². The zero-order valence-corrected chi connectivity index (χ0v) is 18.8. The summed E-state index contributed by atoms with van der Waals surface area (Å²) >= 11 is 0. The standard InChI is InChI=1S/C20H16N12O5/c1-2-21-16(33)9-3-10(12-7-31(29-27-12)14-5-22-19(36)25-17(14)34)24-11(4-9)13-8-32(30-28-13)15-6-23-20(37)26-18(15)35/h3-8H,2H2,1H3,(H,21,33)(H2,22,25,34,36)(H2,23,26,35,37). The molecule has 5 heterocycles. The predicted octanol–water partition coefficient (Wildman–Crippen LogP) is -1.92. The number of aromatic amines is 4. The van der Waals surface area contributed by atoms with Gasteiger partial charge in [0.1, 0.15) is 22.8 Å². The van der Waals surface area contributed by atoms with Crippen LogP contribution in [0.15, 0.2) is 56.1 Å². The molecule has 0 saturated carbocycles. The van der Waals surface area contributed by atoms with Crippen LogP contribution in [0.2, 0.25) is 0 Å². The monoisotopic (exact) mass is 504 g/mol. The van der Waals surface area contributed by atoms with E-state index in [2.05, 4.69) is 50.9 Å². The maximum atomic E-state index is 12.6. The van der Waals surface area contributed by atoms with Gasteiger partial charge in [-0.1, -0.05) is 10.4 Å². The lowest BCUT2D eigenvalue weighted by Crippen LogP contribution is -2.25. The molecule has 17 heteroatoms. The maximum absolute atomic E-state index is 12.6. The molecule has 0 aromatic carbocycles. The number of carbonyl (C=O) groups excluding carboxylic acids is 1. The molecule has 5 aromatic rings. The van der Waals surface area contributed by atoms with Gasteiger partial charge in [0.15, 0.2) is 0 Å². The topological polar surface area (TPSA) is 235 Å². The van der Waals surface area contributed by atoms with Crippen LogP contribution in [0.25, 0.3) is 34.2 Å². The molecule has 5 N–H and O–H groups in total. The van der Waals surface area contributed by atoms with Crippen molar-refractivity contribution in [3.63, 3.8) is 0 Å². The van der Waals surface area contributed by atoms with Gasteiger partial charge in [0.05, 0.1) is 23.8 Å². The fourth-order valence-electron chi connectivity index (χ4n) is 3.33. The highest BCUT2D eigenvalue weighted by molar-refractivity contribution is 5.96. The lowest BCUT2D eigenvalue weighted by atomic mass is 10.1. The van der Waals surface area contributed by atoms with Crippen LogP contribution >= 0.6 is 0 Å². The van der Waals surface area contributed by atoms with Gasteiger partial charge in [0.2, 0.25) is 0 Å². The summed E-state index contributed by atoms with van der Waals surface area (Å²) in [5, 5.41) is 18.6. The number of pyridine rings is 1. The second-order valence-electron chi connectivity index (χ2n) is 7.50. The molecule has 0 aliphatic heterocycles. The third kappa shape index (κ3) is 4.50. The van der Waals surface area contributed by atoms with Crippen LogP contribution in [0.4, 0.5) is 0 Å². The normalized spacial score (nSPS) is 10.9. The van der Waals surface area contributed by atoms with Crippen LogP contribution in [0.1, 0.15) is 17.3 Å². The van der Waals surface area contributed by atoms with Gasteiger partial charge in [-0.05, 0) is 19.1 Å². The fourth-order valence-corrected chi connectivity index (χ4v) is 3.33. The number of nitrogens with one attached hydrogen (secondary N) is 5. The van der Waals surface area contributed by atoms with Crippen LogP contribution < -0.4 is 27.8 Å². The Hall–Kier alpha value is -5.74. The smallest absolute Gasteiger partial charge is 0.325 e. The summed E-state index contributed by atoms with van der Waals surface area (Å²) in [4.78, 5) is 72.8. The quantitative estimate of drug-likeness (QED) is 0.172. The first kappa shape index (κ1) is 23.0. The van der Waals surface area contributed by atoms with Crippen LogP contribution in [-0.2, 0) is 0 Å². The molecule has 17 nitrogen and oxygen atoms in total. The highest BCUT2D eigenvalue weighted by atomic mass is 16.2. The molecule has 0 unspecified atom stereocenters. The number of amides is 1. The molecule has 0 aliphatic carbocycles. The summed E-state index contributed by atoms with van der Waals surface area (Å²) in [6.07, 6.45) is 5.15. The summed E-state index contributed by atoms with van der Waals surface area (Å²) in [7, 11) is 0. The Labute approximate surface area is 203 Å². The van der Waals surface area contributed by atoms with E-state index < -0.39 is 22.5 Å². The number of aromatic nitrogens is 11. The van der Waals surface area contributed by atoms with Crippen molar-refractivity contribution in [2.45, 2.75) is 6.92 Å². The van der Waals surface area contributed by atoms with Crippen LogP contribution in [-0.4, -0.2) is 67.4 Å². The largest absolute Gasteiger partial charge is 0.352 e. The van der Waals surface area contributed by atoms with E-state index in [9.17, 15) is 24.0 Å². The van der Waals surface area contributed by atoms with Gasteiger partial charge in [0.25, 0.3) is 17.0 Å². The second-order valence-corrected chi connectivity index (χ2v) is 7.50. The third-order valence-electron chi connectivity index (χ3n) is 5.03. The Morgan fingerprint density at radius 1 is 0.811 bits per heavy atom. The Balaban J connectivity index is 1.59. The number of hydrogen-bond acceptors (Lipinski definition) is 10.